The summed E-state index contributed by atoms with van der Waals surface area (Å²) in [5, 5.41) is 9.69. The normalized spacial score (nSPS) is 16.4. The molecule has 1 fully saturated rings. The molecule has 1 aliphatic rings. The molecule has 3 N–H and O–H groups in total. The van der Waals surface area contributed by atoms with Crippen molar-refractivity contribution >= 4 is 29.2 Å². The third-order valence-electron chi connectivity index (χ3n) is 5.16. The summed E-state index contributed by atoms with van der Waals surface area (Å²) in [6.45, 7) is 4.75. The molecule has 2 aromatic rings. The van der Waals surface area contributed by atoms with Crippen molar-refractivity contribution in [1.29, 1.82) is 0 Å². The Morgan fingerprint density at radius 2 is 1.79 bits per heavy atom. The minimum atomic E-state index is -1.01. The van der Waals surface area contributed by atoms with Crippen molar-refractivity contribution in [2.45, 2.75) is 18.8 Å². The number of nitrogens with two attached hydrogens (primary N) is 1. The van der Waals surface area contributed by atoms with Crippen LogP contribution in [0.25, 0.3) is 0 Å². The number of carboxylic acid groups (broad SMARTS) is 1. The van der Waals surface area contributed by atoms with Crippen LogP contribution in [0.4, 0.5) is 5.69 Å². The lowest BCUT2D eigenvalue weighted by Gasteiger charge is -2.33. The summed E-state index contributed by atoms with van der Waals surface area (Å²) < 4.78 is 5.44. The van der Waals surface area contributed by atoms with Gasteiger partial charge in [-0.3, -0.25) is 4.79 Å². The zero-order valence-electron chi connectivity index (χ0n) is 15.6. The van der Waals surface area contributed by atoms with Crippen molar-refractivity contribution in [3.05, 3.63) is 64.2 Å². The molecular weight excluding hydrogens is 380 g/mol. The Hall–Kier alpha value is -2.57. The number of carbonyl (C=O) groups is 2. The summed E-state index contributed by atoms with van der Waals surface area (Å²) >= 11 is 6.26. The Morgan fingerprint density at radius 1 is 1.14 bits per heavy atom. The minimum Gasteiger partial charge on any atom is -0.478 e. The summed E-state index contributed by atoms with van der Waals surface area (Å²) in [4.78, 5) is 25.7. The van der Waals surface area contributed by atoms with Crippen molar-refractivity contribution in [3.63, 3.8) is 0 Å². The quantitative estimate of drug-likeness (QED) is 0.773. The molecule has 1 saturated heterocycles. The number of ether oxygens (including phenoxy) is 1. The Labute approximate surface area is 168 Å². The van der Waals surface area contributed by atoms with Crippen LogP contribution in [0, 0.1) is 0 Å². The lowest BCUT2D eigenvalue weighted by molar-refractivity contribution is -0.119. The molecule has 7 heteroatoms. The molecule has 3 rings (SSSR count). The van der Waals surface area contributed by atoms with E-state index < -0.39 is 17.8 Å². The number of carbonyl (C=O) groups excluding carboxylic acids is 1. The van der Waals surface area contributed by atoms with Gasteiger partial charge in [0.1, 0.15) is 0 Å². The van der Waals surface area contributed by atoms with Gasteiger partial charge in [0.25, 0.3) is 0 Å². The Balaban J connectivity index is 1.99. The molecule has 28 heavy (non-hydrogen) atoms. The predicted molar refractivity (Wildman–Crippen MR) is 108 cm³/mol. The van der Waals surface area contributed by atoms with Crippen LogP contribution < -0.4 is 10.6 Å². The molecule has 2 atom stereocenters. The molecule has 1 heterocycles. The van der Waals surface area contributed by atoms with Crippen molar-refractivity contribution in [1.82, 2.24) is 0 Å². The number of hydrogen-bond acceptors (Lipinski definition) is 4. The van der Waals surface area contributed by atoms with Gasteiger partial charge in [-0.05, 0) is 47.4 Å². The maximum atomic E-state index is 12.3. The molecule has 0 spiro atoms. The fraction of sp³-hybridized carbons (Fsp3) is 0.333. The van der Waals surface area contributed by atoms with Gasteiger partial charge in [-0.25, -0.2) is 4.79 Å². The van der Waals surface area contributed by atoms with Crippen LogP contribution in [0.1, 0.15) is 40.2 Å². The number of morpholine rings is 1. The molecule has 0 radical (unpaired) electrons. The lowest BCUT2D eigenvalue weighted by Crippen LogP contribution is -2.37. The molecule has 2 aromatic carbocycles. The van der Waals surface area contributed by atoms with E-state index >= 15 is 0 Å². The van der Waals surface area contributed by atoms with E-state index in [-0.39, 0.29) is 11.5 Å². The van der Waals surface area contributed by atoms with Gasteiger partial charge in [0, 0.05) is 23.8 Å². The highest BCUT2D eigenvalue weighted by molar-refractivity contribution is 6.30. The summed E-state index contributed by atoms with van der Waals surface area (Å²) in [5.41, 5.74) is 8.53. The van der Waals surface area contributed by atoms with E-state index in [1.165, 1.54) is 12.1 Å². The van der Waals surface area contributed by atoms with Crippen LogP contribution in [-0.4, -0.2) is 43.3 Å². The van der Waals surface area contributed by atoms with Gasteiger partial charge in [-0.1, -0.05) is 30.7 Å². The molecule has 0 saturated carbocycles. The van der Waals surface area contributed by atoms with E-state index in [0.29, 0.717) is 23.8 Å². The largest absolute Gasteiger partial charge is 0.478 e. The summed E-state index contributed by atoms with van der Waals surface area (Å²) in [5.74, 6) is -2.34. The first-order valence-electron chi connectivity index (χ1n) is 9.13. The number of nitrogens with zero attached hydrogens (tertiary/aromatic N) is 1. The first-order valence-corrected chi connectivity index (χ1v) is 9.51. The summed E-state index contributed by atoms with van der Waals surface area (Å²) in [7, 11) is 0. The molecule has 0 bridgehead atoms. The molecule has 148 valence electrons. The van der Waals surface area contributed by atoms with Gasteiger partial charge in [-0.2, -0.15) is 0 Å². The summed E-state index contributed by atoms with van der Waals surface area (Å²) in [6.07, 6.45) is 0. The molecule has 1 aliphatic heterocycles. The van der Waals surface area contributed by atoms with Crippen LogP contribution in [0.15, 0.2) is 42.5 Å². The maximum Gasteiger partial charge on any atom is 0.335 e. The van der Waals surface area contributed by atoms with Gasteiger partial charge in [0.05, 0.1) is 24.7 Å². The average Bonchev–Trinajstić information content (AvgIpc) is 2.68. The Morgan fingerprint density at radius 3 is 2.36 bits per heavy atom. The second-order valence-corrected chi connectivity index (χ2v) is 7.33. The van der Waals surface area contributed by atoms with Gasteiger partial charge >= 0.3 is 5.97 Å². The monoisotopic (exact) mass is 402 g/mol. The van der Waals surface area contributed by atoms with Crippen LogP contribution >= 0.6 is 11.6 Å². The van der Waals surface area contributed by atoms with Gasteiger partial charge < -0.3 is 20.5 Å². The molecule has 2 unspecified atom stereocenters. The number of aromatic carboxylic acids is 1. The van der Waals surface area contributed by atoms with E-state index in [9.17, 15) is 9.59 Å². The predicted octanol–water partition coefficient (Wildman–Crippen LogP) is 3.25. The van der Waals surface area contributed by atoms with Gasteiger partial charge in [0.2, 0.25) is 5.91 Å². The number of halogens is 1. The zero-order valence-corrected chi connectivity index (χ0v) is 16.4. The highest BCUT2D eigenvalue weighted by Gasteiger charge is 2.29. The number of benzene rings is 2. The number of rotatable bonds is 6. The molecule has 1 amide bonds. The van der Waals surface area contributed by atoms with Crippen molar-refractivity contribution < 1.29 is 19.4 Å². The minimum absolute atomic E-state index is 0.163. The highest BCUT2D eigenvalue weighted by Crippen LogP contribution is 2.39. The van der Waals surface area contributed by atoms with E-state index in [1.807, 2.05) is 25.1 Å². The smallest absolute Gasteiger partial charge is 0.335 e. The fourth-order valence-corrected chi connectivity index (χ4v) is 3.87. The Bertz CT molecular complexity index is 863. The second kappa shape index (κ2) is 8.63. The van der Waals surface area contributed by atoms with Crippen molar-refractivity contribution in [2.24, 2.45) is 5.73 Å². The first kappa shape index (κ1) is 20.2. The Kier molecular flexibility index (Phi) is 6.21. The topological polar surface area (TPSA) is 92.9 Å². The number of primary amides is 1. The second-order valence-electron chi connectivity index (χ2n) is 6.90. The third kappa shape index (κ3) is 4.29. The van der Waals surface area contributed by atoms with Crippen molar-refractivity contribution in [2.75, 3.05) is 31.2 Å². The third-order valence-corrected chi connectivity index (χ3v) is 5.39. The first-order chi connectivity index (χ1) is 13.4. The van der Waals surface area contributed by atoms with E-state index in [1.54, 1.807) is 12.1 Å². The molecule has 6 nitrogen and oxygen atoms in total. The molecule has 0 aromatic heterocycles. The van der Waals surface area contributed by atoms with Gasteiger partial charge in [-0.15, -0.1) is 0 Å². The van der Waals surface area contributed by atoms with Crippen molar-refractivity contribution in [3.8, 4) is 0 Å². The molecular formula is C21H23ClN2O4. The SMILES string of the molecule is CC(c1cc(Cl)ccc1N1CCOCC1)C(C(N)=O)c1ccc(C(=O)O)cc1. The van der Waals surface area contributed by atoms with E-state index in [2.05, 4.69) is 4.90 Å². The number of amides is 1. The average molecular weight is 403 g/mol. The van der Waals surface area contributed by atoms with Crippen LogP contribution in [0.2, 0.25) is 5.02 Å². The number of carboxylic acids is 1. The number of anilines is 1. The standard InChI is InChI=1S/C21H23ClN2O4/c1-13(19(20(23)25)14-2-4-15(5-3-14)21(26)27)17-12-16(22)6-7-18(17)24-8-10-28-11-9-24/h2-7,12-13,19H,8-11H2,1H3,(H2,23,25)(H,26,27). The van der Waals surface area contributed by atoms with Crippen LogP contribution in [0.3, 0.4) is 0 Å². The van der Waals surface area contributed by atoms with E-state index in [0.717, 1.165) is 24.3 Å². The maximum absolute atomic E-state index is 12.3. The lowest BCUT2D eigenvalue weighted by atomic mass is 9.81. The summed E-state index contributed by atoms with van der Waals surface area (Å²) in [6, 6.07) is 11.9. The fourth-order valence-electron chi connectivity index (χ4n) is 3.69. The van der Waals surface area contributed by atoms with Gasteiger partial charge in [0.15, 0.2) is 0 Å². The molecule has 0 aliphatic carbocycles. The number of hydrogen-bond donors (Lipinski definition) is 2. The zero-order chi connectivity index (χ0) is 20.3. The van der Waals surface area contributed by atoms with Crippen LogP contribution in [-0.2, 0) is 9.53 Å². The highest BCUT2D eigenvalue weighted by atomic mass is 35.5. The van der Waals surface area contributed by atoms with E-state index in [4.69, 9.17) is 27.2 Å². The van der Waals surface area contributed by atoms with Crippen LogP contribution in [0.5, 0.6) is 0 Å².